The van der Waals surface area contributed by atoms with Crippen LogP contribution in [-0.2, 0) is 4.79 Å². The molecule has 0 heterocycles. The second-order valence-corrected chi connectivity index (χ2v) is 3.86. The van der Waals surface area contributed by atoms with Crippen molar-refractivity contribution in [2.24, 2.45) is 0 Å². The molecule has 0 aliphatic heterocycles. The zero-order chi connectivity index (χ0) is 14.5. The molecule has 5 heteroatoms. The van der Waals surface area contributed by atoms with Crippen LogP contribution in [0.5, 0.6) is 11.5 Å². The third kappa shape index (κ3) is 3.20. The second kappa shape index (κ2) is 5.97. The Bertz CT molecular complexity index is 666. The normalized spacial score (nSPS) is 10.7. The van der Waals surface area contributed by atoms with Gasteiger partial charge in [-0.3, -0.25) is 0 Å². The van der Waals surface area contributed by atoms with E-state index in [0.717, 1.165) is 12.1 Å². The van der Waals surface area contributed by atoms with Gasteiger partial charge in [-0.05, 0) is 24.3 Å². The van der Waals surface area contributed by atoms with Crippen molar-refractivity contribution in [3.8, 4) is 11.5 Å². The monoisotopic (exact) mass is 276 g/mol. The molecule has 2 aromatic carbocycles. The Labute approximate surface area is 113 Å². The van der Waals surface area contributed by atoms with Crippen LogP contribution in [0.15, 0.2) is 48.5 Å². The van der Waals surface area contributed by atoms with Crippen LogP contribution in [0.1, 0.15) is 5.56 Å². The number of benzene rings is 2. The van der Waals surface area contributed by atoms with E-state index < -0.39 is 17.6 Å². The summed E-state index contributed by atoms with van der Waals surface area (Å²) in [5.41, 5.74) is 0.443. The summed E-state index contributed by atoms with van der Waals surface area (Å²) >= 11 is 0. The van der Waals surface area contributed by atoms with Crippen LogP contribution in [0.25, 0.3) is 6.08 Å². The van der Waals surface area contributed by atoms with Crippen molar-refractivity contribution in [2.75, 3.05) is 0 Å². The van der Waals surface area contributed by atoms with E-state index in [-0.39, 0.29) is 11.5 Å². The lowest BCUT2D eigenvalue weighted by Crippen LogP contribution is -1.93. The Hall–Kier alpha value is -2.69. The number of hydrogen-bond acceptors (Lipinski definition) is 2. The van der Waals surface area contributed by atoms with Crippen molar-refractivity contribution < 1.29 is 23.4 Å². The maximum Gasteiger partial charge on any atom is 0.328 e. The maximum atomic E-state index is 13.5. The summed E-state index contributed by atoms with van der Waals surface area (Å²) in [6.07, 6.45) is 2.25. The summed E-state index contributed by atoms with van der Waals surface area (Å²) in [7, 11) is 0. The molecule has 20 heavy (non-hydrogen) atoms. The van der Waals surface area contributed by atoms with Gasteiger partial charge in [0.25, 0.3) is 0 Å². The molecule has 2 aromatic rings. The molecule has 0 saturated carbocycles. The van der Waals surface area contributed by atoms with Gasteiger partial charge in [0.1, 0.15) is 5.75 Å². The first-order chi connectivity index (χ1) is 9.58. The fourth-order valence-corrected chi connectivity index (χ4v) is 1.55. The van der Waals surface area contributed by atoms with Gasteiger partial charge >= 0.3 is 5.97 Å². The zero-order valence-electron chi connectivity index (χ0n) is 10.2. The Morgan fingerprint density at radius 3 is 2.50 bits per heavy atom. The second-order valence-electron chi connectivity index (χ2n) is 3.86. The van der Waals surface area contributed by atoms with E-state index >= 15 is 0 Å². The minimum atomic E-state index is -1.11. The lowest BCUT2D eigenvalue weighted by atomic mass is 10.2. The number of hydrogen-bond donors (Lipinski definition) is 1. The molecule has 0 fully saturated rings. The Morgan fingerprint density at radius 1 is 1.05 bits per heavy atom. The van der Waals surface area contributed by atoms with Crippen LogP contribution in [0, 0.1) is 11.6 Å². The number of carboxylic acid groups (broad SMARTS) is 1. The van der Waals surface area contributed by atoms with Crippen molar-refractivity contribution in [1.29, 1.82) is 0 Å². The quantitative estimate of drug-likeness (QED) is 0.863. The third-order valence-electron chi connectivity index (χ3n) is 2.46. The number of halogens is 2. The molecule has 0 atom stereocenters. The predicted molar refractivity (Wildman–Crippen MR) is 69.5 cm³/mol. The largest absolute Gasteiger partial charge is 0.478 e. The van der Waals surface area contributed by atoms with Gasteiger partial charge in [0.15, 0.2) is 11.6 Å². The summed E-state index contributed by atoms with van der Waals surface area (Å²) in [6.45, 7) is 0. The van der Waals surface area contributed by atoms with E-state index in [1.165, 1.54) is 24.3 Å². The topological polar surface area (TPSA) is 46.5 Å². The van der Waals surface area contributed by atoms with Gasteiger partial charge in [0.2, 0.25) is 5.82 Å². The molecular formula is C15H10F2O3. The minimum Gasteiger partial charge on any atom is -0.478 e. The van der Waals surface area contributed by atoms with E-state index in [0.29, 0.717) is 5.56 Å². The molecule has 3 nitrogen and oxygen atoms in total. The van der Waals surface area contributed by atoms with E-state index in [1.54, 1.807) is 18.2 Å². The zero-order valence-corrected chi connectivity index (χ0v) is 10.2. The van der Waals surface area contributed by atoms with Gasteiger partial charge in [0, 0.05) is 11.6 Å². The lowest BCUT2D eigenvalue weighted by molar-refractivity contribution is -0.131. The van der Waals surface area contributed by atoms with Crippen LogP contribution < -0.4 is 4.74 Å². The fraction of sp³-hybridized carbons (Fsp3) is 0. The minimum absolute atomic E-state index is 0.231. The third-order valence-corrected chi connectivity index (χ3v) is 2.46. The van der Waals surface area contributed by atoms with Crippen LogP contribution in [0.3, 0.4) is 0 Å². The molecule has 0 spiro atoms. The van der Waals surface area contributed by atoms with Gasteiger partial charge in [-0.1, -0.05) is 24.3 Å². The molecule has 0 saturated heterocycles. The molecule has 0 bridgehead atoms. The van der Waals surface area contributed by atoms with Gasteiger partial charge < -0.3 is 9.84 Å². The van der Waals surface area contributed by atoms with Crippen molar-refractivity contribution in [2.45, 2.75) is 0 Å². The molecule has 0 amide bonds. The first kappa shape index (κ1) is 13.7. The highest BCUT2D eigenvalue weighted by atomic mass is 19.2. The SMILES string of the molecule is O=C(O)C=Cc1ccccc1Oc1cccc(F)c1F. The van der Waals surface area contributed by atoms with E-state index in [4.69, 9.17) is 9.84 Å². The highest BCUT2D eigenvalue weighted by molar-refractivity contribution is 5.85. The number of carbonyl (C=O) groups is 1. The van der Waals surface area contributed by atoms with Crippen molar-refractivity contribution >= 4 is 12.0 Å². The van der Waals surface area contributed by atoms with E-state index in [1.807, 2.05) is 0 Å². The van der Waals surface area contributed by atoms with E-state index in [9.17, 15) is 13.6 Å². The molecular weight excluding hydrogens is 266 g/mol. The van der Waals surface area contributed by atoms with E-state index in [2.05, 4.69) is 0 Å². The Morgan fingerprint density at radius 2 is 1.75 bits per heavy atom. The molecule has 102 valence electrons. The van der Waals surface area contributed by atoms with Crippen LogP contribution in [-0.4, -0.2) is 11.1 Å². The number of para-hydroxylation sites is 1. The van der Waals surface area contributed by atoms with Crippen LogP contribution >= 0.6 is 0 Å². The average Bonchev–Trinajstić information content (AvgIpc) is 2.43. The number of rotatable bonds is 4. The number of ether oxygens (including phenoxy) is 1. The molecule has 0 aliphatic carbocycles. The summed E-state index contributed by atoms with van der Waals surface area (Å²) < 4.78 is 31.9. The molecule has 1 N–H and O–H groups in total. The first-order valence-corrected chi connectivity index (χ1v) is 5.70. The lowest BCUT2D eigenvalue weighted by Gasteiger charge is -2.09. The Kier molecular flexibility index (Phi) is 4.10. The molecule has 0 radical (unpaired) electrons. The predicted octanol–water partition coefficient (Wildman–Crippen LogP) is 3.85. The molecule has 0 aliphatic rings. The summed E-state index contributed by atoms with van der Waals surface area (Å²) in [6, 6.07) is 10.1. The standard InChI is InChI=1S/C15H10F2O3/c16-11-5-3-7-13(15(11)17)20-12-6-2-1-4-10(12)8-9-14(18)19/h1-9H,(H,18,19). The molecule has 0 unspecified atom stereocenters. The molecule has 0 aromatic heterocycles. The average molecular weight is 276 g/mol. The highest BCUT2D eigenvalue weighted by Gasteiger charge is 2.11. The summed E-state index contributed by atoms with van der Waals surface area (Å²) in [5, 5.41) is 8.60. The van der Waals surface area contributed by atoms with Gasteiger partial charge in [-0.25, -0.2) is 9.18 Å². The smallest absolute Gasteiger partial charge is 0.328 e. The number of aliphatic carboxylic acids is 1. The van der Waals surface area contributed by atoms with Crippen molar-refractivity contribution in [3.63, 3.8) is 0 Å². The molecule has 2 rings (SSSR count). The Balaban J connectivity index is 2.34. The van der Waals surface area contributed by atoms with Gasteiger partial charge in [-0.15, -0.1) is 0 Å². The van der Waals surface area contributed by atoms with Crippen LogP contribution in [0.4, 0.5) is 8.78 Å². The van der Waals surface area contributed by atoms with Crippen molar-refractivity contribution in [1.82, 2.24) is 0 Å². The van der Waals surface area contributed by atoms with Crippen molar-refractivity contribution in [3.05, 3.63) is 65.7 Å². The van der Waals surface area contributed by atoms with Gasteiger partial charge in [0.05, 0.1) is 0 Å². The first-order valence-electron chi connectivity index (χ1n) is 5.70. The highest BCUT2D eigenvalue weighted by Crippen LogP contribution is 2.29. The maximum absolute atomic E-state index is 13.5. The van der Waals surface area contributed by atoms with Crippen LogP contribution in [0.2, 0.25) is 0 Å². The number of carboxylic acids is 1. The fourth-order valence-electron chi connectivity index (χ4n) is 1.55. The van der Waals surface area contributed by atoms with Gasteiger partial charge in [-0.2, -0.15) is 4.39 Å². The summed E-state index contributed by atoms with van der Waals surface area (Å²) in [5.74, 6) is -3.25. The summed E-state index contributed by atoms with van der Waals surface area (Å²) in [4.78, 5) is 10.5.